The van der Waals surface area contributed by atoms with Crippen molar-refractivity contribution in [3.63, 3.8) is 0 Å². The molecule has 0 bridgehead atoms. The Hall–Kier alpha value is -5.26. The lowest BCUT2D eigenvalue weighted by Gasteiger charge is -2.34. The van der Waals surface area contributed by atoms with Crippen LogP contribution in [-0.4, -0.2) is 83.6 Å². The first-order valence-electron chi connectivity index (χ1n) is 19.7. The summed E-state index contributed by atoms with van der Waals surface area (Å²) in [5, 5.41) is 20.7. The van der Waals surface area contributed by atoms with Gasteiger partial charge in [0.2, 0.25) is 5.60 Å². The van der Waals surface area contributed by atoms with Crippen LogP contribution in [0.15, 0.2) is 32.1 Å². The second kappa shape index (κ2) is 18.3. The molecule has 322 valence electrons. The number of aromatic nitrogens is 3. The molecule has 0 spiro atoms. The number of rotatable bonds is 14. The number of hydrogen-bond donors (Lipinski definition) is 2. The number of fused-ring (bicyclic) bond motifs is 1. The Kier molecular flexibility index (Phi) is 13.9. The van der Waals surface area contributed by atoms with E-state index in [0.29, 0.717) is 0 Å². The van der Waals surface area contributed by atoms with Gasteiger partial charge in [-0.25, -0.2) is 28.7 Å². The summed E-state index contributed by atoms with van der Waals surface area (Å²) >= 11 is 0. The maximum absolute atomic E-state index is 14.1. The molecule has 0 radical (unpaired) electrons. The zero-order valence-electron chi connectivity index (χ0n) is 34.9. The lowest BCUT2D eigenvalue weighted by Crippen LogP contribution is -2.53. The lowest BCUT2D eigenvalue weighted by molar-refractivity contribution is -0.163. The van der Waals surface area contributed by atoms with Crippen molar-refractivity contribution in [2.75, 3.05) is 11.9 Å². The van der Waals surface area contributed by atoms with Crippen LogP contribution in [0.4, 0.5) is 15.4 Å². The zero-order valence-corrected chi connectivity index (χ0v) is 35.9. The molecule has 5 atom stereocenters. The molecule has 2 N–H and O–H groups in total. The molecule has 59 heavy (non-hydrogen) atoms. The van der Waals surface area contributed by atoms with Gasteiger partial charge in [-0.2, -0.15) is 10.4 Å². The fourth-order valence-corrected chi connectivity index (χ4v) is 8.09. The van der Waals surface area contributed by atoms with E-state index in [9.17, 15) is 29.2 Å². The highest BCUT2D eigenvalue weighted by molar-refractivity contribution is 6.69. The Morgan fingerprint density at radius 1 is 1.07 bits per heavy atom. The molecular weight excluding hydrogens is 789 g/mol. The molecule has 2 aliphatic rings. The topological polar surface area (TPSA) is 245 Å². The van der Waals surface area contributed by atoms with Crippen molar-refractivity contribution in [1.82, 2.24) is 19.9 Å². The molecule has 1 saturated heterocycles. The molecule has 19 nitrogen and oxygen atoms in total. The highest BCUT2D eigenvalue weighted by atomic mass is 28.4. The summed E-state index contributed by atoms with van der Waals surface area (Å²) in [4.78, 5) is 68.6. The first-order valence-corrected chi connectivity index (χ1v) is 23.1. The highest BCUT2D eigenvalue weighted by Gasteiger charge is 2.62. The van der Waals surface area contributed by atoms with Crippen LogP contribution in [0.5, 0.6) is 0 Å². The summed E-state index contributed by atoms with van der Waals surface area (Å²) in [7, 11) is -2.65. The van der Waals surface area contributed by atoms with Crippen molar-refractivity contribution >= 4 is 43.8 Å². The number of anilines is 1. The van der Waals surface area contributed by atoms with E-state index in [0.717, 1.165) is 38.4 Å². The monoisotopic (exact) mass is 842 g/mol. The van der Waals surface area contributed by atoms with Crippen molar-refractivity contribution < 1.29 is 56.1 Å². The van der Waals surface area contributed by atoms with Crippen LogP contribution >= 0.6 is 0 Å². The van der Waals surface area contributed by atoms with Crippen molar-refractivity contribution in [1.29, 1.82) is 5.26 Å². The summed E-state index contributed by atoms with van der Waals surface area (Å²) < 4.78 is 46.9. The number of carbonyl (C=O) groups is 4. The first kappa shape index (κ1) is 44.8. The molecule has 2 fully saturated rings. The number of carbonyl (C=O) groups excluding carboxylic acids is 4. The summed E-state index contributed by atoms with van der Waals surface area (Å²) in [6, 6.07) is 4.15. The Labute approximate surface area is 342 Å². The number of ether oxygens (including phenoxy) is 5. The quantitative estimate of drug-likeness (QED) is 0.113. The van der Waals surface area contributed by atoms with Gasteiger partial charge in [0.15, 0.2) is 38.4 Å². The van der Waals surface area contributed by atoms with E-state index in [1.807, 2.05) is 19.6 Å². The van der Waals surface area contributed by atoms with Crippen LogP contribution < -0.4 is 16.5 Å². The Bertz CT molecular complexity index is 2090. The van der Waals surface area contributed by atoms with Gasteiger partial charge in [0.1, 0.15) is 48.4 Å². The second-order valence-corrected chi connectivity index (χ2v) is 21.5. The van der Waals surface area contributed by atoms with Crippen molar-refractivity contribution in [2.45, 2.75) is 142 Å². The van der Waals surface area contributed by atoms with Gasteiger partial charge in [0.05, 0.1) is 5.69 Å². The fraction of sp³-hybridized carbons (Fsp3) is 0.641. The van der Waals surface area contributed by atoms with E-state index >= 15 is 0 Å². The molecule has 1 aliphatic heterocycles. The number of esters is 2. The van der Waals surface area contributed by atoms with Gasteiger partial charge >= 0.3 is 29.9 Å². The van der Waals surface area contributed by atoms with Crippen molar-refractivity contribution in [2.24, 2.45) is 11.8 Å². The second-order valence-electron chi connectivity index (χ2n) is 17.1. The Balaban J connectivity index is 1.50. The molecule has 20 heteroatoms. The van der Waals surface area contributed by atoms with Gasteiger partial charge in [-0.05, 0) is 84.1 Å². The average Bonchev–Trinajstić information content (AvgIpc) is 3.81. The van der Waals surface area contributed by atoms with Crippen LogP contribution in [0.2, 0.25) is 19.6 Å². The van der Waals surface area contributed by atoms with Gasteiger partial charge < -0.3 is 42.3 Å². The van der Waals surface area contributed by atoms with Crippen molar-refractivity contribution in [3.05, 3.63) is 46.3 Å². The number of nitrogens with one attached hydrogen (secondary N) is 2. The standard InChI is InChI=1S/C39H54N6O13Si/c1-22(2)30(43-36(49)57-38(4,5)6)34(47)55-31-27(19-51-29(46)17-24-13-11-10-12-14-24)56-39(20-40,32(31)58-59(7,8)9)28-16-15-25-33(41-21-42-45(25)28)44-35(48)52-18-26-23(3)53-37(50)54-26/h15-16,21-22,24,27,30-32H,10-14,17-19H2,1-9H3,(H,43,49)(H,41,42,44,48)/t27-,30?,31-,32?,39+/m1/s1. The lowest BCUT2D eigenvalue weighted by atomic mass is 9.87. The molecule has 3 aromatic heterocycles. The third-order valence-electron chi connectivity index (χ3n) is 9.71. The van der Waals surface area contributed by atoms with Gasteiger partial charge in [0.25, 0.3) is 0 Å². The van der Waals surface area contributed by atoms with E-state index in [-0.39, 0.29) is 40.9 Å². The van der Waals surface area contributed by atoms with Gasteiger partial charge in [0, 0.05) is 6.42 Å². The average molecular weight is 843 g/mol. The molecule has 0 aromatic carbocycles. The van der Waals surface area contributed by atoms with Crippen LogP contribution in [0, 0.1) is 30.1 Å². The van der Waals surface area contributed by atoms with E-state index in [1.165, 1.54) is 23.6 Å². The first-order chi connectivity index (χ1) is 27.7. The largest absolute Gasteiger partial charge is 0.519 e. The van der Waals surface area contributed by atoms with Crippen LogP contribution in [-0.2, 0) is 49.9 Å². The zero-order chi connectivity index (χ0) is 43.3. The minimum atomic E-state index is -2.65. The molecule has 5 rings (SSSR count). The summed E-state index contributed by atoms with van der Waals surface area (Å²) in [6.45, 7) is 14.9. The van der Waals surface area contributed by atoms with Crippen LogP contribution in [0.25, 0.3) is 5.52 Å². The summed E-state index contributed by atoms with van der Waals surface area (Å²) in [6.07, 6.45) is 0.699. The molecule has 1 saturated carbocycles. The maximum Gasteiger partial charge on any atom is 0.519 e. The molecule has 2 unspecified atom stereocenters. The third-order valence-corrected chi connectivity index (χ3v) is 10.7. The third kappa shape index (κ3) is 11.3. The van der Waals surface area contributed by atoms with Crippen LogP contribution in [0.3, 0.4) is 0 Å². The number of aryl methyl sites for hydroxylation is 1. The predicted octanol–water partition coefficient (Wildman–Crippen LogP) is 5.65. The Morgan fingerprint density at radius 3 is 2.39 bits per heavy atom. The summed E-state index contributed by atoms with van der Waals surface area (Å²) in [5.74, 6) is -2.37. The number of nitriles is 1. The minimum absolute atomic E-state index is 0.0143. The molecular formula is C39H54N6O13Si. The summed E-state index contributed by atoms with van der Waals surface area (Å²) in [5.41, 5.74) is -2.56. The van der Waals surface area contributed by atoms with E-state index in [2.05, 4.69) is 26.8 Å². The van der Waals surface area contributed by atoms with Crippen LogP contribution in [0.1, 0.15) is 90.4 Å². The normalized spacial score (nSPS) is 21.7. The number of hydrogen-bond acceptors (Lipinski definition) is 16. The maximum atomic E-state index is 14.1. The van der Waals surface area contributed by atoms with Gasteiger partial charge in [-0.15, -0.1) is 0 Å². The molecule has 1 aliphatic carbocycles. The Morgan fingerprint density at radius 2 is 1.78 bits per heavy atom. The van der Waals surface area contributed by atoms with E-state index in [4.69, 9.17) is 36.9 Å². The van der Waals surface area contributed by atoms with Gasteiger partial charge in [-0.3, -0.25) is 10.1 Å². The van der Waals surface area contributed by atoms with Crippen molar-refractivity contribution in [3.8, 4) is 6.07 Å². The smallest absolute Gasteiger partial charge is 0.463 e. The highest BCUT2D eigenvalue weighted by Crippen LogP contribution is 2.45. The number of nitrogens with zero attached hydrogens (tertiary/aromatic N) is 4. The molecule has 4 heterocycles. The number of alkyl carbamates (subject to hydrolysis) is 1. The number of amides is 2. The minimum Gasteiger partial charge on any atom is -0.463 e. The van der Waals surface area contributed by atoms with E-state index in [1.54, 1.807) is 34.6 Å². The predicted molar refractivity (Wildman–Crippen MR) is 209 cm³/mol. The SMILES string of the molecule is Cc1oc(=O)oc1COC(=O)Nc1ncnn2c([C@]3(C#N)O[C@H](COC(=O)CC4CCCCC4)[C@@H](OC(=O)C(NC(=O)OC(C)(C)C)C(C)C)C3O[Si](C)(C)C)ccc12. The molecule has 3 aromatic rings. The van der Waals surface area contributed by atoms with E-state index < -0.39 is 93.0 Å². The molecule has 2 amide bonds. The fourth-order valence-electron chi connectivity index (χ4n) is 7.03. The van der Waals surface area contributed by atoms with Gasteiger partial charge in [-0.1, -0.05) is 33.1 Å².